The van der Waals surface area contributed by atoms with Crippen LogP contribution in [-0.2, 0) is 0 Å². The van der Waals surface area contributed by atoms with Crippen molar-refractivity contribution in [1.82, 2.24) is 0 Å². The molecule has 0 atom stereocenters. The van der Waals surface area contributed by atoms with Crippen molar-refractivity contribution >= 4 is 111 Å². The zero-order valence-electron chi connectivity index (χ0n) is 57.4. The van der Waals surface area contributed by atoms with Crippen LogP contribution in [0.3, 0.4) is 0 Å². The van der Waals surface area contributed by atoms with E-state index in [1.54, 1.807) is 0 Å². The quantitative estimate of drug-likeness (QED) is 0.0956. The number of hydrogen-bond donors (Lipinski definition) is 0. The van der Waals surface area contributed by atoms with Gasteiger partial charge in [-0.1, -0.05) is 309 Å². The predicted molar refractivity (Wildman–Crippen MR) is 443 cm³/mol. The Hall–Kier alpha value is -13.8. The van der Waals surface area contributed by atoms with Crippen LogP contribution in [-0.4, -0.2) is 0 Å². The molecule has 4 heteroatoms. The molecule has 0 heterocycles. The van der Waals surface area contributed by atoms with Crippen LogP contribution in [0.25, 0.3) is 87.6 Å². The second-order valence-corrected chi connectivity index (χ2v) is 26.0. The van der Waals surface area contributed by atoms with E-state index >= 15 is 0 Å². The smallest absolute Gasteiger partial charge is 0.0540 e. The molecular formula is C100H72N4. The van der Waals surface area contributed by atoms with Gasteiger partial charge in [-0.2, -0.15) is 0 Å². The van der Waals surface area contributed by atoms with Crippen molar-refractivity contribution in [1.29, 1.82) is 0 Å². The fourth-order valence-electron chi connectivity index (χ4n) is 14.7. The van der Waals surface area contributed by atoms with E-state index in [9.17, 15) is 0 Å². The molecular weight excluding hydrogens is 1260 g/mol. The monoisotopic (exact) mass is 1330 g/mol. The van der Waals surface area contributed by atoms with E-state index < -0.39 is 0 Å². The summed E-state index contributed by atoms with van der Waals surface area (Å²) in [5, 5.41) is 9.76. The molecule has 0 bridgehead atoms. The first-order valence-electron chi connectivity index (χ1n) is 35.5. The summed E-state index contributed by atoms with van der Waals surface area (Å²) in [6, 6.07) is 157. The minimum Gasteiger partial charge on any atom is -0.310 e. The first kappa shape index (κ1) is 63.6. The van der Waals surface area contributed by atoms with Crippen LogP contribution < -0.4 is 19.6 Å². The fraction of sp³-hybridized carbons (Fsp3) is 0. The number of nitrogens with zero attached hydrogens (tertiary/aromatic N) is 4. The Morgan fingerprint density at radius 3 is 0.558 bits per heavy atom. The summed E-state index contributed by atoms with van der Waals surface area (Å²) < 4.78 is 0. The molecule has 18 aromatic rings. The van der Waals surface area contributed by atoms with Crippen molar-refractivity contribution < 1.29 is 0 Å². The maximum absolute atomic E-state index is 2.37. The fourth-order valence-corrected chi connectivity index (χ4v) is 14.7. The van der Waals surface area contributed by atoms with Crippen LogP contribution in [0.4, 0.5) is 68.2 Å². The highest BCUT2D eigenvalue weighted by Crippen LogP contribution is 2.46. The topological polar surface area (TPSA) is 13.0 Å². The average molecular weight is 1330 g/mol. The summed E-state index contributed by atoms with van der Waals surface area (Å²) in [5.74, 6) is 0. The second-order valence-electron chi connectivity index (χ2n) is 26.0. The molecule has 0 saturated heterocycles. The number of fused-ring (bicyclic) bond motifs is 4. The van der Waals surface area contributed by atoms with Crippen LogP contribution in [0.1, 0.15) is 0 Å². The van der Waals surface area contributed by atoms with E-state index in [1.807, 2.05) is 0 Å². The van der Waals surface area contributed by atoms with Gasteiger partial charge in [0.1, 0.15) is 0 Å². The first-order valence-corrected chi connectivity index (χ1v) is 35.5. The van der Waals surface area contributed by atoms with Crippen LogP contribution in [0.15, 0.2) is 437 Å². The third-order valence-corrected chi connectivity index (χ3v) is 19.6. The molecule has 18 rings (SSSR count). The maximum Gasteiger partial charge on any atom is 0.0540 e. The second kappa shape index (κ2) is 29.2. The minimum absolute atomic E-state index is 1.11. The zero-order chi connectivity index (χ0) is 69.4. The molecule has 4 nitrogen and oxygen atoms in total. The van der Waals surface area contributed by atoms with Crippen molar-refractivity contribution in [3.63, 3.8) is 0 Å². The molecule has 0 radical (unpaired) electrons. The van der Waals surface area contributed by atoms with E-state index in [0.717, 1.165) is 68.2 Å². The SMILES string of the molecule is c1ccc(N(c2cccc(-c3ccc(-c4cccc(N(c5ccccc5)c5cccc6ccccc56)c4)cc3)c2)c2cccc3ccccc23)cc1.c1ccc(N(c2cccc(-c3cccc(-c4cccc(N(c5ccccc5)c5cccc6ccccc56)c4)c3)c2)c2cccc3ccccc23)cc1. The molecule has 0 aromatic heterocycles. The van der Waals surface area contributed by atoms with Gasteiger partial charge in [-0.05, 0) is 193 Å². The van der Waals surface area contributed by atoms with Gasteiger partial charge in [0.05, 0.1) is 22.7 Å². The average Bonchev–Trinajstić information content (AvgIpc) is 0.795. The van der Waals surface area contributed by atoms with Gasteiger partial charge in [0.15, 0.2) is 0 Å². The van der Waals surface area contributed by atoms with Gasteiger partial charge in [-0.25, -0.2) is 0 Å². The Morgan fingerprint density at radius 1 is 0.115 bits per heavy atom. The molecule has 0 saturated carbocycles. The third kappa shape index (κ3) is 13.1. The lowest BCUT2D eigenvalue weighted by Gasteiger charge is -2.27. The number of para-hydroxylation sites is 4. The molecule has 492 valence electrons. The van der Waals surface area contributed by atoms with Crippen molar-refractivity contribution in [3.8, 4) is 44.5 Å². The molecule has 0 spiro atoms. The van der Waals surface area contributed by atoms with Gasteiger partial charge in [0.2, 0.25) is 0 Å². The van der Waals surface area contributed by atoms with Gasteiger partial charge in [0, 0.05) is 67.0 Å². The van der Waals surface area contributed by atoms with Crippen LogP contribution in [0.5, 0.6) is 0 Å². The number of rotatable bonds is 16. The predicted octanol–water partition coefficient (Wildman–Crippen LogP) is 28.5. The van der Waals surface area contributed by atoms with Crippen molar-refractivity contribution in [2.45, 2.75) is 0 Å². The summed E-state index contributed by atoms with van der Waals surface area (Å²) in [6.07, 6.45) is 0. The maximum atomic E-state index is 2.37. The lowest BCUT2D eigenvalue weighted by Crippen LogP contribution is -2.10. The Labute approximate surface area is 608 Å². The summed E-state index contributed by atoms with van der Waals surface area (Å²) in [6.45, 7) is 0. The molecule has 0 fully saturated rings. The van der Waals surface area contributed by atoms with E-state index in [2.05, 4.69) is 456 Å². The van der Waals surface area contributed by atoms with Gasteiger partial charge in [0.25, 0.3) is 0 Å². The summed E-state index contributed by atoms with van der Waals surface area (Å²) in [5.41, 5.74) is 22.9. The Morgan fingerprint density at radius 2 is 0.298 bits per heavy atom. The minimum atomic E-state index is 1.11. The first-order chi connectivity index (χ1) is 51.6. The number of benzene rings is 18. The molecule has 104 heavy (non-hydrogen) atoms. The van der Waals surface area contributed by atoms with E-state index in [1.165, 1.54) is 87.6 Å². The van der Waals surface area contributed by atoms with Gasteiger partial charge in [-0.3, -0.25) is 0 Å². The van der Waals surface area contributed by atoms with Crippen LogP contribution in [0, 0.1) is 0 Å². The van der Waals surface area contributed by atoms with Gasteiger partial charge >= 0.3 is 0 Å². The molecule has 0 unspecified atom stereocenters. The number of hydrogen-bond acceptors (Lipinski definition) is 4. The van der Waals surface area contributed by atoms with E-state index in [4.69, 9.17) is 0 Å². The number of anilines is 12. The zero-order valence-corrected chi connectivity index (χ0v) is 57.4. The molecule has 18 aromatic carbocycles. The van der Waals surface area contributed by atoms with Crippen molar-refractivity contribution in [3.05, 3.63) is 437 Å². The van der Waals surface area contributed by atoms with Crippen LogP contribution >= 0.6 is 0 Å². The highest BCUT2D eigenvalue weighted by molar-refractivity contribution is 6.03. The Balaban J connectivity index is 0.000000154. The van der Waals surface area contributed by atoms with Crippen molar-refractivity contribution in [2.75, 3.05) is 19.6 Å². The lowest BCUT2D eigenvalue weighted by molar-refractivity contribution is 1.30. The molecule has 0 aliphatic carbocycles. The normalized spacial score (nSPS) is 11.1. The standard InChI is InChI=1S/2C50H36N2/c1-3-24-43(25-4-1)51(49-32-14-18-37-16-7-9-30-47(37)49)45-28-12-22-41(35-45)39-20-11-21-40(34-39)42-23-13-29-46(36-42)52(44-26-5-2-6-27-44)50-33-15-19-38-17-8-10-31-48(38)50;1-3-21-43(22-4-1)51(49-29-13-17-39-15-7-9-27-47(39)49)45-25-11-19-41(35-45)37-31-33-38(34-32-37)42-20-12-26-46(36-42)52(44-23-5-2-6-24-44)50-30-14-18-40-16-8-10-28-48(40)50/h2*1-36H. The molecule has 0 aliphatic rings. The van der Waals surface area contributed by atoms with Gasteiger partial charge in [-0.15, -0.1) is 0 Å². The third-order valence-electron chi connectivity index (χ3n) is 19.6. The van der Waals surface area contributed by atoms with E-state index in [0.29, 0.717) is 0 Å². The lowest BCUT2D eigenvalue weighted by atomic mass is 9.97. The molecule has 0 amide bonds. The van der Waals surface area contributed by atoms with Crippen molar-refractivity contribution in [2.24, 2.45) is 0 Å². The van der Waals surface area contributed by atoms with Crippen LogP contribution in [0.2, 0.25) is 0 Å². The molecule has 0 aliphatic heterocycles. The van der Waals surface area contributed by atoms with E-state index in [-0.39, 0.29) is 0 Å². The largest absolute Gasteiger partial charge is 0.310 e. The summed E-state index contributed by atoms with van der Waals surface area (Å²) in [7, 11) is 0. The highest BCUT2D eigenvalue weighted by Gasteiger charge is 2.21. The molecule has 0 N–H and O–H groups in total. The highest BCUT2D eigenvalue weighted by atomic mass is 15.2. The Bertz CT molecular complexity index is 5630. The summed E-state index contributed by atoms with van der Waals surface area (Å²) in [4.78, 5) is 9.45. The summed E-state index contributed by atoms with van der Waals surface area (Å²) >= 11 is 0. The Kier molecular flexibility index (Phi) is 17.9. The van der Waals surface area contributed by atoms with Gasteiger partial charge < -0.3 is 19.6 Å².